The minimum atomic E-state index is -0.182. The van der Waals surface area contributed by atoms with Gasteiger partial charge in [0.15, 0.2) is 0 Å². The first kappa shape index (κ1) is 22.1. The predicted octanol–water partition coefficient (Wildman–Crippen LogP) is 6.28. The second-order valence-corrected chi connectivity index (χ2v) is 10.9. The van der Waals surface area contributed by atoms with Gasteiger partial charge in [0, 0.05) is 35.4 Å². The predicted molar refractivity (Wildman–Crippen MR) is 142 cm³/mol. The molecule has 6 rings (SSSR count). The number of fused-ring (bicyclic) bond motifs is 5. The van der Waals surface area contributed by atoms with Gasteiger partial charge in [0.25, 0.3) is 0 Å². The van der Waals surface area contributed by atoms with Crippen LogP contribution in [0.2, 0.25) is 0 Å². The number of aromatic nitrogens is 1. The molecule has 0 fully saturated rings. The molecule has 1 unspecified atom stereocenters. The third-order valence-electron chi connectivity index (χ3n) is 7.26. The molecule has 2 aliphatic rings. The molecule has 35 heavy (non-hydrogen) atoms. The summed E-state index contributed by atoms with van der Waals surface area (Å²) in [7, 11) is 2.18. The van der Waals surface area contributed by atoms with Gasteiger partial charge in [-0.2, -0.15) is 0 Å². The molecular formula is C29H30N4OS. The molecule has 0 spiro atoms. The van der Waals surface area contributed by atoms with Crippen LogP contribution in [-0.2, 0) is 19.5 Å². The molecule has 0 bridgehead atoms. The van der Waals surface area contributed by atoms with Gasteiger partial charge in [0.2, 0.25) is 0 Å². The van der Waals surface area contributed by atoms with Gasteiger partial charge in [-0.15, -0.1) is 11.3 Å². The zero-order chi connectivity index (χ0) is 24.1. The van der Waals surface area contributed by atoms with Crippen LogP contribution in [0.3, 0.4) is 0 Å². The summed E-state index contributed by atoms with van der Waals surface area (Å²) in [4.78, 5) is 19.9. The van der Waals surface area contributed by atoms with Crippen LogP contribution in [0.25, 0.3) is 5.00 Å². The molecule has 2 aromatic heterocycles. The Balaban J connectivity index is 1.49. The molecule has 4 aromatic rings. The van der Waals surface area contributed by atoms with E-state index >= 15 is 0 Å². The van der Waals surface area contributed by atoms with Crippen LogP contribution in [-0.4, -0.2) is 34.0 Å². The largest absolute Gasteiger partial charge is 0.322 e. The fraction of sp³-hybridized carbons (Fsp3) is 0.276. The normalized spacial score (nSPS) is 17.3. The van der Waals surface area contributed by atoms with Crippen LogP contribution in [0, 0.1) is 13.8 Å². The molecule has 1 atom stereocenters. The molecule has 5 nitrogen and oxygen atoms in total. The Morgan fingerprint density at radius 2 is 1.83 bits per heavy atom. The van der Waals surface area contributed by atoms with Crippen LogP contribution in [0.15, 0.2) is 66.9 Å². The Kier molecular flexibility index (Phi) is 5.50. The Bertz CT molecular complexity index is 1400. The number of carbonyl (C=O) groups excluding carboxylic acids is 1. The Morgan fingerprint density at radius 3 is 2.63 bits per heavy atom. The second-order valence-electron chi connectivity index (χ2n) is 9.77. The zero-order valence-corrected chi connectivity index (χ0v) is 21.2. The first-order valence-electron chi connectivity index (χ1n) is 12.2. The summed E-state index contributed by atoms with van der Waals surface area (Å²) < 4.78 is 2.32. The van der Waals surface area contributed by atoms with Crippen molar-refractivity contribution in [1.29, 1.82) is 0 Å². The molecule has 1 N–H and O–H groups in total. The quantitative estimate of drug-likeness (QED) is 0.365. The fourth-order valence-corrected chi connectivity index (χ4v) is 6.92. The number of amides is 2. The van der Waals surface area contributed by atoms with Gasteiger partial charge >= 0.3 is 6.03 Å². The lowest BCUT2D eigenvalue weighted by Gasteiger charge is -2.32. The number of hydrogen-bond acceptors (Lipinski definition) is 3. The number of carbonyl (C=O) groups is 1. The number of nitrogens with one attached hydrogen (secondary N) is 1. The van der Waals surface area contributed by atoms with Gasteiger partial charge < -0.3 is 19.7 Å². The smallest absolute Gasteiger partial charge is 0.310 e. The zero-order valence-electron chi connectivity index (χ0n) is 20.4. The van der Waals surface area contributed by atoms with Crippen molar-refractivity contribution in [3.05, 3.63) is 105 Å². The Hall–Kier alpha value is -3.35. The van der Waals surface area contributed by atoms with Crippen LogP contribution in [0.5, 0.6) is 0 Å². The first-order chi connectivity index (χ1) is 17.0. The molecule has 0 saturated heterocycles. The van der Waals surface area contributed by atoms with Crippen molar-refractivity contribution in [3.8, 4) is 5.00 Å². The maximum atomic E-state index is 14.0. The van der Waals surface area contributed by atoms with E-state index in [1.54, 1.807) is 0 Å². The molecule has 2 amide bonds. The van der Waals surface area contributed by atoms with Gasteiger partial charge in [0.1, 0.15) is 5.00 Å². The number of nitrogens with zero attached hydrogens (tertiary/aromatic N) is 3. The third kappa shape index (κ3) is 3.87. The highest BCUT2D eigenvalue weighted by molar-refractivity contribution is 7.15. The molecule has 0 saturated carbocycles. The molecule has 0 aliphatic carbocycles. The van der Waals surface area contributed by atoms with E-state index < -0.39 is 0 Å². The number of rotatable bonds is 2. The monoisotopic (exact) mass is 482 g/mol. The van der Waals surface area contributed by atoms with Crippen LogP contribution in [0.4, 0.5) is 10.5 Å². The number of urea groups is 1. The SMILES string of the molecule is Cc1ccc(NC(=O)N2Cc3c(sc4c3CCN(C)C4)-n3cccc3C2c2ccccc2)c(C)c1. The Labute approximate surface area is 210 Å². The second kappa shape index (κ2) is 8.70. The number of aryl methyl sites for hydroxylation is 2. The van der Waals surface area contributed by atoms with E-state index in [4.69, 9.17) is 0 Å². The lowest BCUT2D eigenvalue weighted by molar-refractivity contribution is 0.194. The number of anilines is 1. The van der Waals surface area contributed by atoms with Gasteiger partial charge in [-0.05, 0) is 62.2 Å². The summed E-state index contributed by atoms with van der Waals surface area (Å²) in [5.41, 5.74) is 8.09. The summed E-state index contributed by atoms with van der Waals surface area (Å²) in [6.07, 6.45) is 3.18. The first-order valence-corrected chi connectivity index (χ1v) is 13.0. The highest BCUT2D eigenvalue weighted by atomic mass is 32.1. The van der Waals surface area contributed by atoms with E-state index in [1.165, 1.54) is 26.6 Å². The maximum Gasteiger partial charge on any atom is 0.322 e. The molecule has 0 radical (unpaired) electrons. The lowest BCUT2D eigenvalue weighted by Crippen LogP contribution is -2.38. The number of hydrogen-bond donors (Lipinski definition) is 1. The third-order valence-corrected chi connectivity index (χ3v) is 8.51. The summed E-state index contributed by atoms with van der Waals surface area (Å²) >= 11 is 1.88. The maximum absolute atomic E-state index is 14.0. The van der Waals surface area contributed by atoms with E-state index in [9.17, 15) is 4.79 Å². The van der Waals surface area contributed by atoms with Crippen LogP contribution < -0.4 is 5.32 Å². The van der Waals surface area contributed by atoms with Crippen LogP contribution >= 0.6 is 11.3 Å². The minimum Gasteiger partial charge on any atom is -0.310 e. The number of likely N-dealkylation sites (N-methyl/N-ethyl adjacent to an activating group) is 1. The molecular weight excluding hydrogens is 452 g/mol. The molecule has 6 heteroatoms. The summed E-state index contributed by atoms with van der Waals surface area (Å²) in [5.74, 6) is 0. The summed E-state index contributed by atoms with van der Waals surface area (Å²) in [6.45, 7) is 6.73. The van der Waals surface area contributed by atoms with Gasteiger partial charge in [0.05, 0.1) is 18.3 Å². The average Bonchev–Trinajstić information content (AvgIpc) is 3.42. The van der Waals surface area contributed by atoms with E-state index in [1.807, 2.05) is 28.4 Å². The summed E-state index contributed by atoms with van der Waals surface area (Å²) in [6, 6.07) is 20.6. The number of thiophene rings is 1. The van der Waals surface area contributed by atoms with Crippen molar-refractivity contribution in [2.24, 2.45) is 0 Å². The van der Waals surface area contributed by atoms with E-state index in [0.29, 0.717) is 6.54 Å². The van der Waals surface area contributed by atoms with Crippen molar-refractivity contribution in [1.82, 2.24) is 14.4 Å². The lowest BCUT2D eigenvalue weighted by atomic mass is 10.0. The standard InChI is InChI=1S/C29H30N4OS/c1-19-11-12-24(20(2)16-19)30-29(34)33-17-23-22-13-15-31(3)18-26(22)35-28(23)32-14-7-10-25(32)27(33)21-8-5-4-6-9-21/h4-12,14,16,27H,13,15,17-18H2,1-3H3,(H,30,34). The summed E-state index contributed by atoms with van der Waals surface area (Å²) in [5, 5.41) is 4.50. The molecule has 178 valence electrons. The highest BCUT2D eigenvalue weighted by Crippen LogP contribution is 2.43. The van der Waals surface area contributed by atoms with Crippen molar-refractivity contribution in [2.45, 2.75) is 39.4 Å². The molecule has 4 heterocycles. The van der Waals surface area contributed by atoms with Crippen molar-refractivity contribution in [3.63, 3.8) is 0 Å². The van der Waals surface area contributed by atoms with Gasteiger partial charge in [-0.25, -0.2) is 4.79 Å². The topological polar surface area (TPSA) is 40.5 Å². The average molecular weight is 483 g/mol. The van der Waals surface area contributed by atoms with Gasteiger partial charge in [-0.3, -0.25) is 0 Å². The van der Waals surface area contributed by atoms with Crippen LogP contribution in [0.1, 0.15) is 44.4 Å². The molecule has 2 aromatic carbocycles. The minimum absolute atomic E-state index is 0.0701. The van der Waals surface area contributed by atoms with Crippen molar-refractivity contribution in [2.75, 3.05) is 18.9 Å². The Morgan fingerprint density at radius 1 is 1.00 bits per heavy atom. The fourth-order valence-electron chi connectivity index (χ4n) is 5.48. The number of benzene rings is 2. The van der Waals surface area contributed by atoms with E-state index in [0.717, 1.165) is 42.0 Å². The van der Waals surface area contributed by atoms with Crippen molar-refractivity contribution >= 4 is 23.1 Å². The van der Waals surface area contributed by atoms with Crippen molar-refractivity contribution < 1.29 is 4.79 Å². The van der Waals surface area contributed by atoms with E-state index in [2.05, 4.69) is 90.4 Å². The highest BCUT2D eigenvalue weighted by Gasteiger charge is 2.36. The van der Waals surface area contributed by atoms with E-state index in [-0.39, 0.29) is 12.1 Å². The van der Waals surface area contributed by atoms with Gasteiger partial charge in [-0.1, -0.05) is 48.0 Å². The molecule has 2 aliphatic heterocycles.